The zero-order valence-corrected chi connectivity index (χ0v) is 10.3. The van der Waals surface area contributed by atoms with E-state index in [0.29, 0.717) is 0 Å². The van der Waals surface area contributed by atoms with E-state index in [1.165, 1.54) is 30.6 Å². The highest BCUT2D eigenvalue weighted by molar-refractivity contribution is 4.31. The van der Waals surface area contributed by atoms with E-state index in [1.807, 2.05) is 0 Å². The van der Waals surface area contributed by atoms with Crippen molar-refractivity contribution in [1.29, 1.82) is 0 Å². The molecule has 0 fully saturated rings. The first kappa shape index (κ1) is 17.5. The van der Waals surface area contributed by atoms with E-state index in [2.05, 4.69) is 35.0 Å². The molecule has 0 amide bonds. The Morgan fingerprint density at radius 3 is 1.09 bits per heavy atom. The maximum Gasteiger partial charge on any atom is 0.0661 e. The van der Waals surface area contributed by atoms with Gasteiger partial charge in [-0.3, -0.25) is 0 Å². The van der Waals surface area contributed by atoms with Gasteiger partial charge >= 0.3 is 0 Å². The van der Waals surface area contributed by atoms with Crippen LogP contribution in [0.5, 0.6) is 0 Å². The van der Waals surface area contributed by atoms with Crippen molar-refractivity contribution in [2.24, 2.45) is 0 Å². The Kier molecular flexibility index (Phi) is 26.7. The summed E-state index contributed by atoms with van der Waals surface area (Å²) in [4.78, 5) is 1.42. The Labute approximate surface area is 82.9 Å². The maximum absolute atomic E-state index is 2.23. The summed E-state index contributed by atoms with van der Waals surface area (Å²) in [7, 11) is 6.25. The number of rotatable bonds is 3. The highest BCUT2D eigenvalue weighted by atomic mass is 79.9. The van der Waals surface area contributed by atoms with Crippen LogP contribution in [0.3, 0.4) is 0 Å². The molecule has 0 rings (SSSR count). The number of quaternary nitrogens is 1. The van der Waals surface area contributed by atoms with Gasteiger partial charge in [-0.05, 0) is 0 Å². The van der Waals surface area contributed by atoms with E-state index in [0.717, 1.165) is 0 Å². The molecule has 0 saturated carbocycles. The lowest BCUT2D eigenvalue weighted by molar-refractivity contribution is -0.836. The molecule has 0 spiro atoms. The fourth-order valence-electron chi connectivity index (χ4n) is 0.500. The first-order chi connectivity index (χ1) is 4.65. The van der Waals surface area contributed by atoms with Crippen LogP contribution < -0.4 is 21.9 Å². The third kappa shape index (κ3) is 62.8. The van der Waals surface area contributed by atoms with Crippen molar-refractivity contribution in [3.05, 3.63) is 0 Å². The van der Waals surface area contributed by atoms with Crippen LogP contribution >= 0.6 is 0 Å². The first-order valence-electron chi connectivity index (χ1n) is 4.41. The molecule has 0 aliphatic carbocycles. The molecule has 0 heterocycles. The molecule has 0 aromatic heterocycles. The molecule has 0 bridgehead atoms. The number of halogens is 1. The minimum Gasteiger partial charge on any atom is -1.00 e. The second kappa shape index (κ2) is 16.8. The minimum atomic E-state index is 0. The SMILES string of the molecule is CCCCCC.C[NH+](C)C.[Br-]. The zero-order chi connectivity index (χ0) is 8.41. The lowest BCUT2D eigenvalue weighted by Gasteiger charge is -1.88. The molecule has 0 radical (unpaired) electrons. The van der Waals surface area contributed by atoms with E-state index in [4.69, 9.17) is 0 Å². The molecular formula is C9H24BrN. The molecule has 0 atom stereocenters. The Morgan fingerprint density at radius 2 is 1.00 bits per heavy atom. The van der Waals surface area contributed by atoms with Gasteiger partial charge in [-0.15, -0.1) is 0 Å². The molecule has 0 unspecified atom stereocenters. The lowest BCUT2D eigenvalue weighted by Crippen LogP contribution is -3.02. The summed E-state index contributed by atoms with van der Waals surface area (Å²) in [5, 5.41) is 0. The van der Waals surface area contributed by atoms with Gasteiger partial charge in [-0.1, -0.05) is 39.5 Å². The van der Waals surface area contributed by atoms with Crippen LogP contribution in [-0.2, 0) is 0 Å². The number of unbranched alkanes of at least 4 members (excludes halogenated alkanes) is 3. The minimum absolute atomic E-state index is 0. The summed E-state index contributed by atoms with van der Waals surface area (Å²) in [6.07, 6.45) is 5.54. The van der Waals surface area contributed by atoms with Gasteiger partial charge in [-0.25, -0.2) is 0 Å². The van der Waals surface area contributed by atoms with Gasteiger partial charge in [0.05, 0.1) is 21.1 Å². The molecular weight excluding hydrogens is 202 g/mol. The molecule has 1 N–H and O–H groups in total. The van der Waals surface area contributed by atoms with E-state index >= 15 is 0 Å². The van der Waals surface area contributed by atoms with Crippen LogP contribution in [0.2, 0.25) is 0 Å². The number of nitrogens with one attached hydrogen (secondary N) is 1. The molecule has 1 nitrogen and oxygen atoms in total. The van der Waals surface area contributed by atoms with Gasteiger partial charge in [0.1, 0.15) is 0 Å². The average molecular weight is 226 g/mol. The largest absolute Gasteiger partial charge is 1.00 e. The Morgan fingerprint density at radius 1 is 0.818 bits per heavy atom. The van der Waals surface area contributed by atoms with Crippen LogP contribution in [0.4, 0.5) is 0 Å². The molecule has 0 aromatic carbocycles. The average Bonchev–Trinajstić information content (AvgIpc) is 1.82. The van der Waals surface area contributed by atoms with Crippen LogP contribution in [0.1, 0.15) is 39.5 Å². The molecule has 0 saturated heterocycles. The van der Waals surface area contributed by atoms with Crippen molar-refractivity contribution >= 4 is 0 Å². The molecule has 2 heteroatoms. The molecule has 72 valence electrons. The van der Waals surface area contributed by atoms with E-state index in [-0.39, 0.29) is 17.0 Å². The monoisotopic (exact) mass is 225 g/mol. The van der Waals surface area contributed by atoms with Gasteiger partial charge in [0.25, 0.3) is 0 Å². The summed E-state index contributed by atoms with van der Waals surface area (Å²) >= 11 is 0. The number of hydrogen-bond donors (Lipinski definition) is 1. The van der Waals surface area contributed by atoms with Crippen LogP contribution in [0.25, 0.3) is 0 Å². The van der Waals surface area contributed by atoms with Gasteiger partial charge < -0.3 is 21.9 Å². The molecule has 11 heavy (non-hydrogen) atoms. The Balaban J connectivity index is -0.000000114. The summed E-state index contributed by atoms with van der Waals surface area (Å²) in [6, 6.07) is 0. The van der Waals surface area contributed by atoms with Crippen molar-refractivity contribution < 1.29 is 21.9 Å². The highest BCUT2D eigenvalue weighted by Crippen LogP contribution is 1.95. The molecule has 0 aromatic rings. The summed E-state index contributed by atoms with van der Waals surface area (Å²) in [5.74, 6) is 0. The standard InChI is InChI=1S/C6H14.C3H9N.BrH/c1-3-5-6-4-2;1-4(2)3;/h3-6H2,1-2H3;1-3H3;1H. The van der Waals surface area contributed by atoms with Crippen molar-refractivity contribution in [3.8, 4) is 0 Å². The van der Waals surface area contributed by atoms with E-state index < -0.39 is 0 Å². The second-order valence-electron chi connectivity index (χ2n) is 3.21. The fraction of sp³-hybridized carbons (Fsp3) is 1.00. The van der Waals surface area contributed by atoms with Crippen LogP contribution in [-0.4, -0.2) is 21.1 Å². The lowest BCUT2D eigenvalue weighted by atomic mass is 10.2. The first-order valence-corrected chi connectivity index (χ1v) is 4.41. The van der Waals surface area contributed by atoms with Gasteiger partial charge in [0.2, 0.25) is 0 Å². The summed E-state index contributed by atoms with van der Waals surface area (Å²) in [6.45, 7) is 4.46. The third-order valence-electron chi connectivity index (χ3n) is 0.957. The molecule has 0 aliphatic heterocycles. The Bertz CT molecular complexity index is 40.1. The predicted molar refractivity (Wildman–Crippen MR) is 48.6 cm³/mol. The number of hydrogen-bond acceptors (Lipinski definition) is 0. The van der Waals surface area contributed by atoms with Gasteiger partial charge in [-0.2, -0.15) is 0 Å². The van der Waals surface area contributed by atoms with Crippen molar-refractivity contribution in [1.82, 2.24) is 0 Å². The van der Waals surface area contributed by atoms with Crippen molar-refractivity contribution in [3.63, 3.8) is 0 Å². The quantitative estimate of drug-likeness (QED) is 0.550. The van der Waals surface area contributed by atoms with E-state index in [9.17, 15) is 0 Å². The van der Waals surface area contributed by atoms with Crippen molar-refractivity contribution in [2.75, 3.05) is 21.1 Å². The van der Waals surface area contributed by atoms with Crippen molar-refractivity contribution in [2.45, 2.75) is 39.5 Å². The normalized spacial score (nSPS) is 8.18. The highest BCUT2D eigenvalue weighted by Gasteiger charge is 1.75. The Hall–Kier alpha value is 0.440. The maximum atomic E-state index is 2.23. The predicted octanol–water partition coefficient (Wildman–Crippen LogP) is -1.65. The van der Waals surface area contributed by atoms with Gasteiger partial charge in [0.15, 0.2) is 0 Å². The summed E-state index contributed by atoms with van der Waals surface area (Å²) in [5.41, 5.74) is 0. The van der Waals surface area contributed by atoms with Gasteiger partial charge in [0, 0.05) is 0 Å². The smallest absolute Gasteiger partial charge is 0.0661 e. The van der Waals surface area contributed by atoms with E-state index in [1.54, 1.807) is 0 Å². The fourth-order valence-corrected chi connectivity index (χ4v) is 0.500. The van der Waals surface area contributed by atoms with Crippen LogP contribution in [0, 0.1) is 0 Å². The second-order valence-corrected chi connectivity index (χ2v) is 3.21. The summed E-state index contributed by atoms with van der Waals surface area (Å²) < 4.78 is 0. The third-order valence-corrected chi connectivity index (χ3v) is 0.957. The zero-order valence-electron chi connectivity index (χ0n) is 8.71. The topological polar surface area (TPSA) is 4.44 Å². The molecule has 0 aliphatic rings. The van der Waals surface area contributed by atoms with Crippen LogP contribution in [0.15, 0.2) is 0 Å².